The molecule has 23 heavy (non-hydrogen) atoms. The van der Waals surface area contributed by atoms with Crippen molar-refractivity contribution in [2.75, 3.05) is 18.0 Å². The van der Waals surface area contributed by atoms with Gasteiger partial charge in [-0.2, -0.15) is 13.2 Å². The monoisotopic (exact) mass is 320 g/mol. The van der Waals surface area contributed by atoms with E-state index in [1.165, 1.54) is 11.6 Å². The normalized spacial score (nSPS) is 16.6. The molecule has 0 saturated carbocycles. The van der Waals surface area contributed by atoms with E-state index in [0.717, 1.165) is 44.6 Å². The first-order valence-electron chi connectivity index (χ1n) is 7.84. The van der Waals surface area contributed by atoms with Crippen LogP contribution in [0.4, 0.5) is 19.0 Å². The first-order valence-corrected chi connectivity index (χ1v) is 7.84. The van der Waals surface area contributed by atoms with Crippen LogP contribution >= 0.6 is 0 Å². The average Bonchev–Trinajstić information content (AvgIpc) is 2.56. The lowest BCUT2D eigenvalue weighted by Gasteiger charge is -2.33. The molecule has 122 valence electrons. The Labute approximate surface area is 134 Å². The Morgan fingerprint density at radius 2 is 1.70 bits per heavy atom. The van der Waals surface area contributed by atoms with Crippen LogP contribution in [-0.4, -0.2) is 18.1 Å². The Kier molecular flexibility index (Phi) is 4.55. The van der Waals surface area contributed by atoms with Crippen molar-refractivity contribution in [3.05, 3.63) is 59.8 Å². The van der Waals surface area contributed by atoms with Gasteiger partial charge in [0, 0.05) is 19.3 Å². The summed E-state index contributed by atoms with van der Waals surface area (Å²) in [4.78, 5) is 6.05. The molecule has 1 aromatic heterocycles. The Bertz CT molecular complexity index is 615. The Hall–Kier alpha value is -2.04. The third-order valence-electron chi connectivity index (χ3n) is 4.38. The van der Waals surface area contributed by atoms with E-state index in [9.17, 15) is 13.2 Å². The van der Waals surface area contributed by atoms with Crippen molar-refractivity contribution in [2.45, 2.75) is 25.4 Å². The van der Waals surface area contributed by atoms with E-state index in [4.69, 9.17) is 0 Å². The van der Waals surface area contributed by atoms with E-state index in [-0.39, 0.29) is 0 Å². The third kappa shape index (κ3) is 4.03. The zero-order chi connectivity index (χ0) is 16.3. The predicted octanol–water partition coefficient (Wildman–Crippen LogP) is 4.56. The molecule has 3 rings (SSSR count). The van der Waals surface area contributed by atoms with Gasteiger partial charge < -0.3 is 4.90 Å². The quantitative estimate of drug-likeness (QED) is 0.824. The topological polar surface area (TPSA) is 16.1 Å². The molecule has 0 aliphatic carbocycles. The minimum absolute atomic E-state index is 0.628. The molecular weight excluding hydrogens is 301 g/mol. The lowest BCUT2D eigenvalue weighted by Crippen LogP contribution is -2.34. The summed E-state index contributed by atoms with van der Waals surface area (Å²) in [6, 6.07) is 13.0. The number of anilines is 1. The van der Waals surface area contributed by atoms with Crippen LogP contribution in [0, 0.1) is 5.92 Å². The van der Waals surface area contributed by atoms with Gasteiger partial charge in [0.15, 0.2) is 0 Å². The molecule has 1 saturated heterocycles. The van der Waals surface area contributed by atoms with Gasteiger partial charge in [-0.05, 0) is 42.9 Å². The Balaban J connectivity index is 1.56. The summed E-state index contributed by atoms with van der Waals surface area (Å²) in [5, 5.41) is 0. The average molecular weight is 320 g/mol. The molecule has 0 radical (unpaired) electrons. The van der Waals surface area contributed by atoms with Crippen LogP contribution < -0.4 is 4.90 Å². The van der Waals surface area contributed by atoms with Crippen LogP contribution in [0.15, 0.2) is 48.7 Å². The number of hydrogen-bond acceptors (Lipinski definition) is 2. The number of rotatable bonds is 3. The second-order valence-corrected chi connectivity index (χ2v) is 6.02. The molecule has 0 N–H and O–H groups in total. The SMILES string of the molecule is FC(F)(F)c1ccc(N2CCC(Cc3ccccc3)CC2)nc1. The van der Waals surface area contributed by atoms with Gasteiger partial charge in [0.25, 0.3) is 0 Å². The Morgan fingerprint density at radius 3 is 2.26 bits per heavy atom. The third-order valence-corrected chi connectivity index (χ3v) is 4.38. The maximum atomic E-state index is 12.6. The summed E-state index contributed by atoms with van der Waals surface area (Å²) in [7, 11) is 0. The van der Waals surface area contributed by atoms with Gasteiger partial charge in [0.2, 0.25) is 0 Å². The fraction of sp³-hybridized carbons (Fsp3) is 0.389. The van der Waals surface area contributed by atoms with Gasteiger partial charge in [-0.25, -0.2) is 4.98 Å². The van der Waals surface area contributed by atoms with Gasteiger partial charge in [-0.3, -0.25) is 0 Å². The number of aromatic nitrogens is 1. The van der Waals surface area contributed by atoms with Crippen LogP contribution in [0.25, 0.3) is 0 Å². The summed E-state index contributed by atoms with van der Waals surface area (Å²) in [5.41, 5.74) is 0.652. The molecule has 1 aliphatic heterocycles. The molecule has 2 nitrogen and oxygen atoms in total. The van der Waals surface area contributed by atoms with E-state index in [1.807, 2.05) is 6.07 Å². The van der Waals surface area contributed by atoms with E-state index in [2.05, 4.69) is 34.1 Å². The van der Waals surface area contributed by atoms with E-state index >= 15 is 0 Å². The molecule has 0 unspecified atom stereocenters. The van der Waals surface area contributed by atoms with Crippen molar-refractivity contribution in [3.63, 3.8) is 0 Å². The molecule has 1 fully saturated rings. The number of piperidine rings is 1. The highest BCUT2D eigenvalue weighted by Gasteiger charge is 2.31. The van der Waals surface area contributed by atoms with Gasteiger partial charge in [0.1, 0.15) is 5.82 Å². The molecule has 1 aliphatic rings. The summed E-state index contributed by atoms with van der Waals surface area (Å²) in [6.07, 6.45) is -0.260. The number of pyridine rings is 1. The fourth-order valence-corrected chi connectivity index (χ4v) is 3.05. The maximum absolute atomic E-state index is 12.6. The highest BCUT2D eigenvalue weighted by molar-refractivity contribution is 5.40. The maximum Gasteiger partial charge on any atom is 0.417 e. The first kappa shape index (κ1) is 15.8. The fourth-order valence-electron chi connectivity index (χ4n) is 3.05. The number of benzene rings is 1. The largest absolute Gasteiger partial charge is 0.417 e. The zero-order valence-electron chi connectivity index (χ0n) is 12.8. The van der Waals surface area contributed by atoms with Gasteiger partial charge in [-0.15, -0.1) is 0 Å². The van der Waals surface area contributed by atoms with Crippen molar-refractivity contribution in [2.24, 2.45) is 5.92 Å². The Morgan fingerprint density at radius 1 is 1.00 bits per heavy atom. The number of hydrogen-bond donors (Lipinski definition) is 0. The van der Waals surface area contributed by atoms with Crippen molar-refractivity contribution in [3.8, 4) is 0 Å². The van der Waals surface area contributed by atoms with Crippen LogP contribution in [0.3, 0.4) is 0 Å². The van der Waals surface area contributed by atoms with Crippen LogP contribution in [0.1, 0.15) is 24.0 Å². The molecule has 0 atom stereocenters. The number of nitrogens with zero attached hydrogens (tertiary/aromatic N) is 2. The predicted molar refractivity (Wildman–Crippen MR) is 84.3 cm³/mol. The van der Waals surface area contributed by atoms with Crippen LogP contribution in [0.2, 0.25) is 0 Å². The highest BCUT2D eigenvalue weighted by atomic mass is 19.4. The standard InChI is InChI=1S/C18H19F3N2/c19-18(20,21)16-6-7-17(22-13-16)23-10-8-15(9-11-23)12-14-4-2-1-3-5-14/h1-7,13,15H,8-12H2. The van der Waals surface area contributed by atoms with Crippen LogP contribution in [0.5, 0.6) is 0 Å². The molecule has 5 heteroatoms. The minimum Gasteiger partial charge on any atom is -0.357 e. The molecule has 0 bridgehead atoms. The van der Waals surface area contributed by atoms with Crippen LogP contribution in [-0.2, 0) is 12.6 Å². The van der Waals surface area contributed by atoms with Crippen molar-refractivity contribution in [1.29, 1.82) is 0 Å². The second-order valence-electron chi connectivity index (χ2n) is 6.02. The second kappa shape index (κ2) is 6.60. The first-order chi connectivity index (χ1) is 11.0. The van der Waals surface area contributed by atoms with Gasteiger partial charge in [0.05, 0.1) is 5.56 Å². The summed E-state index contributed by atoms with van der Waals surface area (Å²) in [6.45, 7) is 1.69. The number of alkyl halides is 3. The number of halogens is 3. The van der Waals surface area contributed by atoms with E-state index in [0.29, 0.717) is 11.7 Å². The van der Waals surface area contributed by atoms with E-state index in [1.54, 1.807) is 0 Å². The molecule has 2 heterocycles. The molecular formula is C18H19F3N2. The summed E-state index contributed by atoms with van der Waals surface area (Å²) < 4.78 is 37.7. The van der Waals surface area contributed by atoms with Crippen molar-refractivity contribution in [1.82, 2.24) is 4.98 Å². The summed E-state index contributed by atoms with van der Waals surface area (Å²) in [5.74, 6) is 1.26. The van der Waals surface area contributed by atoms with Crippen molar-refractivity contribution >= 4 is 5.82 Å². The molecule has 0 amide bonds. The zero-order valence-corrected chi connectivity index (χ0v) is 12.8. The molecule has 0 spiro atoms. The molecule has 2 aromatic rings. The van der Waals surface area contributed by atoms with Crippen molar-refractivity contribution < 1.29 is 13.2 Å². The smallest absolute Gasteiger partial charge is 0.357 e. The van der Waals surface area contributed by atoms with Gasteiger partial charge >= 0.3 is 6.18 Å². The lowest BCUT2D eigenvalue weighted by atomic mass is 9.90. The lowest BCUT2D eigenvalue weighted by molar-refractivity contribution is -0.137. The van der Waals surface area contributed by atoms with Gasteiger partial charge in [-0.1, -0.05) is 30.3 Å². The minimum atomic E-state index is -4.33. The van der Waals surface area contributed by atoms with E-state index < -0.39 is 11.7 Å². The molecule has 1 aromatic carbocycles. The summed E-state index contributed by atoms with van der Waals surface area (Å²) >= 11 is 0. The highest BCUT2D eigenvalue weighted by Crippen LogP contribution is 2.30.